The van der Waals surface area contributed by atoms with E-state index in [4.69, 9.17) is 26.8 Å². The van der Waals surface area contributed by atoms with Crippen LogP contribution in [0.4, 0.5) is 4.39 Å². The summed E-state index contributed by atoms with van der Waals surface area (Å²) >= 11 is 5.96. The number of carbonyl (C=O) groups is 1. The molecule has 128 valence electrons. The first-order valence-corrected chi connectivity index (χ1v) is 7.96. The molecule has 0 aliphatic heterocycles. The average Bonchev–Trinajstić information content (AvgIpc) is 2.56. The fraction of sp³-hybridized carbons (Fsp3) is 0.278. The van der Waals surface area contributed by atoms with Gasteiger partial charge in [0, 0.05) is 5.56 Å². The van der Waals surface area contributed by atoms with Crippen molar-refractivity contribution in [1.29, 1.82) is 0 Å². The van der Waals surface area contributed by atoms with Crippen LogP contribution in [0.3, 0.4) is 0 Å². The van der Waals surface area contributed by atoms with Crippen molar-refractivity contribution in [1.82, 2.24) is 0 Å². The molecule has 2 aromatic carbocycles. The molecule has 2 aromatic rings. The van der Waals surface area contributed by atoms with Crippen LogP contribution >= 0.6 is 11.6 Å². The number of carbonyl (C=O) groups excluding carboxylic acids is 1. The van der Waals surface area contributed by atoms with E-state index in [1.165, 1.54) is 6.07 Å². The minimum atomic E-state index is -0.700. The second kappa shape index (κ2) is 8.66. The number of hydrogen-bond donors (Lipinski definition) is 1. The zero-order valence-electron chi connectivity index (χ0n) is 13.3. The Labute approximate surface area is 145 Å². The molecule has 0 aromatic heterocycles. The van der Waals surface area contributed by atoms with Crippen molar-refractivity contribution in [2.75, 3.05) is 6.61 Å². The van der Waals surface area contributed by atoms with Crippen LogP contribution in [0.2, 0.25) is 5.02 Å². The molecule has 2 N–H and O–H groups in total. The number of benzene rings is 2. The largest absolute Gasteiger partial charge is 0.489 e. The van der Waals surface area contributed by atoms with Crippen molar-refractivity contribution in [3.8, 4) is 5.75 Å². The lowest BCUT2D eigenvalue weighted by Gasteiger charge is -2.12. The number of hydrogen-bond acceptors (Lipinski definition) is 4. The lowest BCUT2D eigenvalue weighted by Crippen LogP contribution is -2.34. The SMILES string of the molecule is CCOC(=O)C(N)Cc1ccc(OCc2c(F)cccc2Cl)cc1. The molecule has 0 saturated heterocycles. The lowest BCUT2D eigenvalue weighted by molar-refractivity contribution is -0.144. The molecule has 0 fully saturated rings. The van der Waals surface area contributed by atoms with Gasteiger partial charge in [-0.2, -0.15) is 0 Å². The fourth-order valence-corrected chi connectivity index (χ4v) is 2.35. The molecule has 0 saturated carbocycles. The zero-order chi connectivity index (χ0) is 17.5. The highest BCUT2D eigenvalue weighted by Crippen LogP contribution is 2.22. The highest BCUT2D eigenvalue weighted by molar-refractivity contribution is 6.31. The van der Waals surface area contributed by atoms with Gasteiger partial charge in [0.05, 0.1) is 11.6 Å². The van der Waals surface area contributed by atoms with Crippen LogP contribution in [-0.4, -0.2) is 18.6 Å². The van der Waals surface area contributed by atoms with Gasteiger partial charge in [0.25, 0.3) is 0 Å². The Morgan fingerprint density at radius 3 is 2.58 bits per heavy atom. The molecule has 0 heterocycles. The standard InChI is InChI=1S/C18H19ClFNO3/c1-2-23-18(22)17(21)10-12-6-8-13(9-7-12)24-11-14-15(19)4-3-5-16(14)20/h3-9,17H,2,10-11,21H2,1H3. The third-order valence-corrected chi connectivity index (χ3v) is 3.77. The fourth-order valence-electron chi connectivity index (χ4n) is 2.13. The van der Waals surface area contributed by atoms with Crippen LogP contribution in [0.1, 0.15) is 18.1 Å². The highest BCUT2D eigenvalue weighted by atomic mass is 35.5. The van der Waals surface area contributed by atoms with Gasteiger partial charge in [0.15, 0.2) is 0 Å². The van der Waals surface area contributed by atoms with E-state index in [2.05, 4.69) is 0 Å². The molecule has 4 nitrogen and oxygen atoms in total. The zero-order valence-corrected chi connectivity index (χ0v) is 14.1. The van der Waals surface area contributed by atoms with Crippen LogP contribution in [0.25, 0.3) is 0 Å². The molecule has 0 spiro atoms. The summed E-state index contributed by atoms with van der Waals surface area (Å²) in [5.41, 5.74) is 6.97. The molecule has 1 unspecified atom stereocenters. The minimum Gasteiger partial charge on any atom is -0.489 e. The lowest BCUT2D eigenvalue weighted by atomic mass is 10.1. The van der Waals surface area contributed by atoms with Gasteiger partial charge in [-0.25, -0.2) is 4.39 Å². The normalized spacial score (nSPS) is 11.8. The Morgan fingerprint density at radius 1 is 1.25 bits per heavy atom. The summed E-state index contributed by atoms with van der Waals surface area (Å²) in [6.45, 7) is 2.07. The Hall–Kier alpha value is -2.11. The first-order chi connectivity index (χ1) is 11.5. The molecule has 0 aliphatic carbocycles. The molecule has 0 bridgehead atoms. The second-order valence-electron chi connectivity index (χ2n) is 5.20. The molecular formula is C18H19ClFNO3. The van der Waals surface area contributed by atoms with Gasteiger partial charge in [-0.15, -0.1) is 0 Å². The van der Waals surface area contributed by atoms with E-state index in [1.807, 2.05) is 0 Å². The van der Waals surface area contributed by atoms with Crippen molar-refractivity contribution < 1.29 is 18.7 Å². The first-order valence-electron chi connectivity index (χ1n) is 7.58. The van der Waals surface area contributed by atoms with Gasteiger partial charge in [0.1, 0.15) is 24.2 Å². The third-order valence-electron chi connectivity index (χ3n) is 3.41. The van der Waals surface area contributed by atoms with Gasteiger partial charge >= 0.3 is 5.97 Å². The second-order valence-corrected chi connectivity index (χ2v) is 5.60. The highest BCUT2D eigenvalue weighted by Gasteiger charge is 2.15. The Balaban J connectivity index is 1.94. The smallest absolute Gasteiger partial charge is 0.323 e. The van der Waals surface area contributed by atoms with Crippen molar-refractivity contribution in [3.05, 3.63) is 64.4 Å². The van der Waals surface area contributed by atoms with Crippen LogP contribution in [0, 0.1) is 5.82 Å². The van der Waals surface area contributed by atoms with Gasteiger partial charge < -0.3 is 15.2 Å². The van der Waals surface area contributed by atoms with Crippen molar-refractivity contribution in [3.63, 3.8) is 0 Å². The summed E-state index contributed by atoms with van der Waals surface area (Å²) in [4.78, 5) is 11.5. The average molecular weight is 352 g/mol. The Bertz CT molecular complexity index is 671. The summed E-state index contributed by atoms with van der Waals surface area (Å²) in [6, 6.07) is 10.9. The summed E-state index contributed by atoms with van der Waals surface area (Å²) in [7, 11) is 0. The Kier molecular flexibility index (Phi) is 6.58. The molecule has 2 rings (SSSR count). The van der Waals surface area contributed by atoms with E-state index in [0.717, 1.165) is 5.56 Å². The maximum absolute atomic E-state index is 13.7. The molecule has 0 amide bonds. The topological polar surface area (TPSA) is 61.5 Å². The Morgan fingerprint density at radius 2 is 1.96 bits per heavy atom. The molecule has 0 aliphatic rings. The van der Waals surface area contributed by atoms with E-state index in [9.17, 15) is 9.18 Å². The monoisotopic (exact) mass is 351 g/mol. The van der Waals surface area contributed by atoms with Crippen LogP contribution < -0.4 is 10.5 Å². The number of esters is 1. The van der Waals surface area contributed by atoms with E-state index in [1.54, 1.807) is 43.3 Å². The van der Waals surface area contributed by atoms with Crippen LogP contribution in [0.5, 0.6) is 5.75 Å². The number of rotatable bonds is 7. The molecule has 1 atom stereocenters. The molecule has 24 heavy (non-hydrogen) atoms. The number of halogens is 2. The number of ether oxygens (including phenoxy) is 2. The van der Waals surface area contributed by atoms with Crippen molar-refractivity contribution >= 4 is 17.6 Å². The summed E-state index contributed by atoms with van der Waals surface area (Å²) in [5.74, 6) is -0.255. The van der Waals surface area contributed by atoms with Crippen molar-refractivity contribution in [2.24, 2.45) is 5.73 Å². The third kappa shape index (κ3) is 4.94. The van der Waals surface area contributed by atoms with Gasteiger partial charge in [-0.3, -0.25) is 4.79 Å². The predicted octanol–water partition coefficient (Wildman–Crippen LogP) is 3.49. The van der Waals surface area contributed by atoms with Crippen molar-refractivity contribution in [2.45, 2.75) is 26.0 Å². The summed E-state index contributed by atoms with van der Waals surface area (Å²) < 4.78 is 24.1. The maximum atomic E-state index is 13.7. The molecule has 0 radical (unpaired) electrons. The summed E-state index contributed by atoms with van der Waals surface area (Å²) in [6.07, 6.45) is 0.373. The van der Waals surface area contributed by atoms with E-state index < -0.39 is 17.8 Å². The number of nitrogens with two attached hydrogens (primary N) is 1. The van der Waals surface area contributed by atoms with E-state index in [0.29, 0.717) is 29.4 Å². The van der Waals surface area contributed by atoms with Gasteiger partial charge in [-0.05, 0) is 43.2 Å². The van der Waals surface area contributed by atoms with Crippen LogP contribution in [0.15, 0.2) is 42.5 Å². The molecular weight excluding hydrogens is 333 g/mol. The maximum Gasteiger partial charge on any atom is 0.323 e. The quantitative estimate of drug-likeness (QED) is 0.776. The summed E-state index contributed by atoms with van der Waals surface area (Å²) in [5, 5.41) is 0.326. The van der Waals surface area contributed by atoms with Gasteiger partial charge in [0.2, 0.25) is 0 Å². The first kappa shape index (κ1) is 18.2. The predicted molar refractivity (Wildman–Crippen MR) is 90.5 cm³/mol. The van der Waals surface area contributed by atoms with Crippen LogP contribution in [-0.2, 0) is 22.6 Å². The van der Waals surface area contributed by atoms with Gasteiger partial charge in [-0.1, -0.05) is 29.8 Å². The van der Waals surface area contributed by atoms with E-state index >= 15 is 0 Å². The molecule has 6 heteroatoms. The minimum absolute atomic E-state index is 0.0349. The van der Waals surface area contributed by atoms with E-state index in [-0.39, 0.29) is 6.61 Å².